The van der Waals surface area contributed by atoms with Crippen molar-refractivity contribution >= 4 is 0 Å². The van der Waals surface area contributed by atoms with Gasteiger partial charge >= 0.3 is 0 Å². The molecule has 3 nitrogen and oxygen atoms in total. The number of hydrogen-bond acceptors (Lipinski definition) is 3. The maximum atomic E-state index is 8.60. The molecule has 0 aliphatic rings. The molecule has 0 bridgehead atoms. The Balaban J connectivity index is 2.22. The van der Waals surface area contributed by atoms with Crippen LogP contribution in [0.2, 0.25) is 0 Å². The molecule has 1 aromatic rings. The van der Waals surface area contributed by atoms with Crippen LogP contribution in [0.15, 0.2) is 24.3 Å². The molecule has 1 unspecified atom stereocenters. The Bertz CT molecular complexity index is 311. The number of benzene rings is 1. The van der Waals surface area contributed by atoms with Crippen LogP contribution in [-0.4, -0.2) is 31.4 Å². The minimum atomic E-state index is 0.192. The van der Waals surface area contributed by atoms with E-state index in [-0.39, 0.29) is 6.61 Å². The summed E-state index contributed by atoms with van der Waals surface area (Å²) in [4.78, 5) is 0. The average Bonchev–Trinajstić information content (AvgIpc) is 2.42. The Morgan fingerprint density at radius 2 is 1.94 bits per heavy atom. The number of ether oxygens (including phenoxy) is 1. The summed E-state index contributed by atoms with van der Waals surface area (Å²) in [5.41, 5.74) is 1.37. The van der Waals surface area contributed by atoms with E-state index < -0.39 is 0 Å². The van der Waals surface area contributed by atoms with Crippen LogP contribution >= 0.6 is 0 Å². The lowest BCUT2D eigenvalue weighted by Gasteiger charge is -2.11. The van der Waals surface area contributed by atoms with E-state index >= 15 is 0 Å². The van der Waals surface area contributed by atoms with Crippen LogP contribution < -0.4 is 10.1 Å². The Labute approximate surface area is 110 Å². The van der Waals surface area contributed by atoms with E-state index in [1.165, 1.54) is 5.56 Å². The zero-order valence-electron chi connectivity index (χ0n) is 11.5. The lowest BCUT2D eigenvalue weighted by Crippen LogP contribution is -2.20. The highest BCUT2D eigenvalue weighted by Gasteiger charge is 2.02. The maximum Gasteiger partial charge on any atom is 0.119 e. The van der Waals surface area contributed by atoms with Gasteiger partial charge in [-0.05, 0) is 43.0 Å². The van der Waals surface area contributed by atoms with Crippen LogP contribution in [0.3, 0.4) is 0 Å². The standard InChI is InChI=1S/C15H25NO2/c1-3-13(2)14-5-7-15(8-6-14)18-12-4-9-16-10-11-17/h5-8,13,16-17H,3-4,9-12H2,1-2H3. The first kappa shape index (κ1) is 15.0. The minimum Gasteiger partial charge on any atom is -0.494 e. The summed E-state index contributed by atoms with van der Waals surface area (Å²) in [7, 11) is 0. The highest BCUT2D eigenvalue weighted by molar-refractivity contribution is 5.29. The molecule has 0 heterocycles. The van der Waals surface area contributed by atoms with E-state index in [4.69, 9.17) is 9.84 Å². The fourth-order valence-electron chi connectivity index (χ4n) is 1.72. The van der Waals surface area contributed by atoms with Crippen molar-refractivity contribution in [3.63, 3.8) is 0 Å². The normalized spacial score (nSPS) is 12.4. The third-order valence-corrected chi connectivity index (χ3v) is 3.12. The fraction of sp³-hybridized carbons (Fsp3) is 0.600. The summed E-state index contributed by atoms with van der Waals surface area (Å²) in [6, 6.07) is 8.38. The molecule has 0 spiro atoms. The topological polar surface area (TPSA) is 41.5 Å². The van der Waals surface area contributed by atoms with Crippen molar-refractivity contribution in [2.24, 2.45) is 0 Å². The molecule has 0 aliphatic carbocycles. The van der Waals surface area contributed by atoms with E-state index in [1.54, 1.807) is 0 Å². The molecule has 0 radical (unpaired) electrons. The molecule has 0 amide bonds. The van der Waals surface area contributed by atoms with Crippen molar-refractivity contribution in [2.45, 2.75) is 32.6 Å². The molecule has 1 atom stereocenters. The first-order valence-corrected chi connectivity index (χ1v) is 6.82. The van der Waals surface area contributed by atoms with Gasteiger partial charge in [-0.1, -0.05) is 26.0 Å². The molecule has 3 heteroatoms. The fourth-order valence-corrected chi connectivity index (χ4v) is 1.72. The number of hydrogen-bond donors (Lipinski definition) is 2. The van der Waals surface area contributed by atoms with Crippen LogP contribution in [0, 0.1) is 0 Å². The van der Waals surface area contributed by atoms with Gasteiger partial charge in [0.05, 0.1) is 13.2 Å². The van der Waals surface area contributed by atoms with Gasteiger partial charge in [-0.25, -0.2) is 0 Å². The maximum absolute atomic E-state index is 8.60. The van der Waals surface area contributed by atoms with Crippen molar-refractivity contribution in [1.82, 2.24) is 5.32 Å². The molecule has 0 fully saturated rings. The summed E-state index contributed by atoms with van der Waals surface area (Å²) in [6.45, 7) is 6.88. The van der Waals surface area contributed by atoms with Gasteiger partial charge in [-0.3, -0.25) is 0 Å². The minimum absolute atomic E-state index is 0.192. The average molecular weight is 251 g/mol. The van der Waals surface area contributed by atoms with Crippen molar-refractivity contribution < 1.29 is 9.84 Å². The van der Waals surface area contributed by atoms with Crippen LogP contribution in [0.1, 0.15) is 38.2 Å². The van der Waals surface area contributed by atoms with Gasteiger partial charge < -0.3 is 15.2 Å². The molecular formula is C15H25NO2. The quantitative estimate of drug-likeness (QED) is 0.663. The predicted molar refractivity (Wildman–Crippen MR) is 75.2 cm³/mol. The second-order valence-corrected chi connectivity index (χ2v) is 4.55. The number of aliphatic hydroxyl groups is 1. The zero-order valence-corrected chi connectivity index (χ0v) is 11.5. The molecule has 18 heavy (non-hydrogen) atoms. The molecule has 2 N–H and O–H groups in total. The first-order chi connectivity index (χ1) is 8.77. The highest BCUT2D eigenvalue weighted by Crippen LogP contribution is 2.21. The molecule has 0 saturated carbocycles. The predicted octanol–water partition coefficient (Wildman–Crippen LogP) is 2.55. The number of rotatable bonds is 9. The Hall–Kier alpha value is -1.06. The monoisotopic (exact) mass is 251 g/mol. The summed E-state index contributed by atoms with van der Waals surface area (Å²) in [5, 5.41) is 11.7. The second-order valence-electron chi connectivity index (χ2n) is 4.55. The van der Waals surface area contributed by atoms with Crippen LogP contribution in [0.5, 0.6) is 5.75 Å². The van der Waals surface area contributed by atoms with Gasteiger partial charge in [0.25, 0.3) is 0 Å². The first-order valence-electron chi connectivity index (χ1n) is 6.82. The third-order valence-electron chi connectivity index (χ3n) is 3.12. The van der Waals surface area contributed by atoms with E-state index in [9.17, 15) is 0 Å². The van der Waals surface area contributed by atoms with Crippen LogP contribution in [0.25, 0.3) is 0 Å². The lowest BCUT2D eigenvalue weighted by molar-refractivity contribution is 0.282. The van der Waals surface area contributed by atoms with Gasteiger partial charge in [0.2, 0.25) is 0 Å². The van der Waals surface area contributed by atoms with Crippen molar-refractivity contribution in [3.05, 3.63) is 29.8 Å². The SMILES string of the molecule is CCC(C)c1ccc(OCCCNCCO)cc1. The van der Waals surface area contributed by atoms with Gasteiger partial charge in [0.15, 0.2) is 0 Å². The summed E-state index contributed by atoms with van der Waals surface area (Å²) in [6.07, 6.45) is 2.11. The van der Waals surface area contributed by atoms with E-state index in [2.05, 4.69) is 31.3 Å². The zero-order chi connectivity index (χ0) is 13.2. The lowest BCUT2D eigenvalue weighted by atomic mass is 9.99. The van der Waals surface area contributed by atoms with Gasteiger partial charge in [0, 0.05) is 6.54 Å². The number of aliphatic hydroxyl groups excluding tert-OH is 1. The Morgan fingerprint density at radius 3 is 2.56 bits per heavy atom. The largest absolute Gasteiger partial charge is 0.494 e. The molecule has 0 aromatic heterocycles. The second kappa shape index (κ2) is 8.95. The van der Waals surface area contributed by atoms with Gasteiger partial charge in [-0.2, -0.15) is 0 Å². The van der Waals surface area contributed by atoms with E-state index in [0.717, 1.165) is 25.1 Å². The summed E-state index contributed by atoms with van der Waals surface area (Å²) < 4.78 is 5.65. The summed E-state index contributed by atoms with van der Waals surface area (Å²) >= 11 is 0. The van der Waals surface area contributed by atoms with Crippen molar-refractivity contribution in [3.8, 4) is 5.75 Å². The van der Waals surface area contributed by atoms with Gasteiger partial charge in [0.1, 0.15) is 5.75 Å². The summed E-state index contributed by atoms with van der Waals surface area (Å²) in [5.74, 6) is 1.55. The van der Waals surface area contributed by atoms with Crippen LogP contribution in [-0.2, 0) is 0 Å². The van der Waals surface area contributed by atoms with E-state index in [0.29, 0.717) is 19.1 Å². The molecule has 102 valence electrons. The molecule has 1 rings (SSSR count). The molecule has 0 saturated heterocycles. The molecule has 0 aliphatic heterocycles. The molecular weight excluding hydrogens is 226 g/mol. The van der Waals surface area contributed by atoms with Gasteiger partial charge in [-0.15, -0.1) is 0 Å². The Morgan fingerprint density at radius 1 is 1.22 bits per heavy atom. The van der Waals surface area contributed by atoms with E-state index in [1.807, 2.05) is 12.1 Å². The molecule has 1 aromatic carbocycles. The van der Waals surface area contributed by atoms with Crippen LogP contribution in [0.4, 0.5) is 0 Å². The highest BCUT2D eigenvalue weighted by atomic mass is 16.5. The van der Waals surface area contributed by atoms with Crippen molar-refractivity contribution in [1.29, 1.82) is 0 Å². The van der Waals surface area contributed by atoms with Crippen molar-refractivity contribution in [2.75, 3.05) is 26.3 Å². The number of nitrogens with one attached hydrogen (secondary N) is 1. The smallest absolute Gasteiger partial charge is 0.119 e. The Kier molecular flexibility index (Phi) is 7.46. The third kappa shape index (κ3) is 5.52.